The number of methoxy groups -OCH3 is 1. The van der Waals surface area contributed by atoms with Crippen LogP contribution in [0.25, 0.3) is 10.9 Å². The number of Topliss-reactive ketones (excluding diaryl/α,β-unsaturated/α-hetero) is 1. The van der Waals surface area contributed by atoms with Gasteiger partial charge < -0.3 is 10.1 Å². The Balaban J connectivity index is 1.44. The zero-order chi connectivity index (χ0) is 22.7. The first-order valence-corrected chi connectivity index (χ1v) is 10.7. The summed E-state index contributed by atoms with van der Waals surface area (Å²) in [4.78, 5) is 31.2. The van der Waals surface area contributed by atoms with Gasteiger partial charge in [0.1, 0.15) is 0 Å². The number of amides is 1. The first-order chi connectivity index (χ1) is 15.4. The number of piperidine rings is 1. The molecule has 32 heavy (non-hydrogen) atoms. The lowest BCUT2D eigenvalue weighted by Crippen LogP contribution is -2.38. The van der Waals surface area contributed by atoms with Crippen LogP contribution in [0.1, 0.15) is 35.8 Å². The van der Waals surface area contributed by atoms with E-state index in [1.807, 2.05) is 30.3 Å². The van der Waals surface area contributed by atoms with Gasteiger partial charge in [0, 0.05) is 42.6 Å². The third-order valence-corrected chi connectivity index (χ3v) is 5.77. The van der Waals surface area contributed by atoms with E-state index in [0.717, 1.165) is 41.7 Å². The Morgan fingerprint density at radius 3 is 2.78 bits per heavy atom. The van der Waals surface area contributed by atoms with E-state index in [4.69, 9.17) is 9.72 Å². The Morgan fingerprint density at radius 1 is 1.19 bits per heavy atom. The van der Waals surface area contributed by atoms with Crippen LogP contribution >= 0.6 is 0 Å². The lowest BCUT2D eigenvalue weighted by molar-refractivity contribution is -0.114. The Morgan fingerprint density at radius 2 is 2.03 bits per heavy atom. The molecule has 1 aromatic heterocycles. The number of halogens is 1. The van der Waals surface area contributed by atoms with E-state index >= 15 is 0 Å². The number of carbonyl (C=O) groups is 2. The predicted octanol–water partition coefficient (Wildman–Crippen LogP) is 4.44. The van der Waals surface area contributed by atoms with Crippen LogP contribution in [0, 0.1) is 11.7 Å². The second-order valence-electron chi connectivity index (χ2n) is 8.18. The number of nitrogens with zero attached hydrogens (tertiary/aromatic N) is 2. The molecule has 7 heteroatoms. The fourth-order valence-corrected chi connectivity index (χ4v) is 4.23. The van der Waals surface area contributed by atoms with Crippen molar-refractivity contribution in [1.82, 2.24) is 9.88 Å². The molecular weight excluding hydrogens is 409 g/mol. The third-order valence-electron chi connectivity index (χ3n) is 5.77. The van der Waals surface area contributed by atoms with Crippen LogP contribution in [0.5, 0.6) is 5.75 Å². The molecular formula is C25H26FN3O3. The molecule has 2 aromatic carbocycles. The van der Waals surface area contributed by atoms with Crippen LogP contribution in [-0.2, 0) is 11.3 Å². The molecule has 6 nitrogen and oxygen atoms in total. The summed E-state index contributed by atoms with van der Waals surface area (Å²) < 4.78 is 19.0. The number of hydrogen-bond donors (Lipinski definition) is 1. The van der Waals surface area contributed by atoms with Gasteiger partial charge in [-0.1, -0.05) is 6.07 Å². The van der Waals surface area contributed by atoms with Crippen LogP contribution in [0.15, 0.2) is 48.5 Å². The van der Waals surface area contributed by atoms with Crippen molar-refractivity contribution in [2.24, 2.45) is 5.92 Å². The summed E-state index contributed by atoms with van der Waals surface area (Å²) in [5.41, 5.74) is 2.91. The minimum absolute atomic E-state index is 0.0341. The number of aromatic nitrogens is 1. The van der Waals surface area contributed by atoms with Gasteiger partial charge in [-0.05, 0) is 61.9 Å². The summed E-state index contributed by atoms with van der Waals surface area (Å²) in [6.07, 6.45) is 1.70. The summed E-state index contributed by atoms with van der Waals surface area (Å²) in [7, 11) is 1.40. The van der Waals surface area contributed by atoms with Crippen LogP contribution in [-0.4, -0.2) is 41.8 Å². The summed E-state index contributed by atoms with van der Waals surface area (Å²) in [5.74, 6) is -0.697. The van der Waals surface area contributed by atoms with E-state index in [0.29, 0.717) is 18.7 Å². The van der Waals surface area contributed by atoms with Gasteiger partial charge in [-0.15, -0.1) is 0 Å². The van der Waals surface area contributed by atoms with E-state index in [2.05, 4.69) is 10.2 Å². The van der Waals surface area contributed by atoms with Gasteiger partial charge in [0.05, 0.1) is 18.3 Å². The summed E-state index contributed by atoms with van der Waals surface area (Å²) >= 11 is 0. The van der Waals surface area contributed by atoms with E-state index in [1.54, 1.807) is 6.07 Å². The largest absolute Gasteiger partial charge is 0.494 e. The first kappa shape index (κ1) is 21.9. The van der Waals surface area contributed by atoms with Crippen molar-refractivity contribution in [1.29, 1.82) is 0 Å². The van der Waals surface area contributed by atoms with Crippen molar-refractivity contribution in [3.63, 3.8) is 0 Å². The molecule has 1 N–H and O–H groups in total. The van der Waals surface area contributed by atoms with E-state index in [1.165, 1.54) is 26.2 Å². The van der Waals surface area contributed by atoms with Crippen LogP contribution in [0.4, 0.5) is 10.1 Å². The summed E-state index contributed by atoms with van der Waals surface area (Å²) in [6.45, 7) is 3.63. The second kappa shape index (κ2) is 9.44. The quantitative estimate of drug-likeness (QED) is 0.580. The summed E-state index contributed by atoms with van der Waals surface area (Å²) in [6, 6.07) is 14.0. The van der Waals surface area contributed by atoms with Gasteiger partial charge in [0.15, 0.2) is 17.3 Å². The fraction of sp³-hybridized carbons (Fsp3) is 0.320. The molecule has 1 saturated heterocycles. The Labute approximate surface area is 186 Å². The molecule has 1 aliphatic heterocycles. The maximum atomic E-state index is 14.0. The van der Waals surface area contributed by atoms with Crippen molar-refractivity contribution in [2.75, 3.05) is 25.5 Å². The normalized spacial score (nSPS) is 16.7. The minimum atomic E-state index is -0.520. The number of pyridine rings is 1. The van der Waals surface area contributed by atoms with Crippen molar-refractivity contribution in [2.45, 2.75) is 26.3 Å². The second-order valence-corrected chi connectivity index (χ2v) is 8.18. The number of likely N-dealkylation sites (tertiary alicyclic amines) is 1. The highest BCUT2D eigenvalue weighted by Crippen LogP contribution is 2.25. The highest BCUT2D eigenvalue weighted by atomic mass is 19.1. The minimum Gasteiger partial charge on any atom is -0.494 e. The SMILES string of the molecule is COc1ccc(C(=O)C2CCCN(Cc3ccc4cc(NC(C)=O)ccc4n3)C2)cc1F. The van der Waals surface area contributed by atoms with Crippen molar-refractivity contribution >= 4 is 28.3 Å². The maximum absolute atomic E-state index is 14.0. The molecule has 166 valence electrons. The number of rotatable bonds is 6. The average molecular weight is 435 g/mol. The Hall–Kier alpha value is -3.32. The standard InChI is InChI=1S/C25H26FN3O3/c1-16(30)27-20-8-9-23-17(12-20)5-7-21(28-23)15-29-11-3-4-19(14-29)25(31)18-6-10-24(32-2)22(26)13-18/h5-10,12-13,19H,3-4,11,14-15H2,1-2H3,(H,27,30). The van der Waals surface area contributed by atoms with E-state index in [9.17, 15) is 14.0 Å². The van der Waals surface area contributed by atoms with Gasteiger partial charge in [-0.25, -0.2) is 4.39 Å². The van der Waals surface area contributed by atoms with Gasteiger partial charge in [-0.3, -0.25) is 19.5 Å². The van der Waals surface area contributed by atoms with Crippen molar-refractivity contribution < 1.29 is 18.7 Å². The zero-order valence-corrected chi connectivity index (χ0v) is 18.2. The van der Waals surface area contributed by atoms with Crippen LogP contribution < -0.4 is 10.1 Å². The number of carbonyl (C=O) groups excluding carboxylic acids is 2. The lowest BCUT2D eigenvalue weighted by atomic mass is 9.90. The highest BCUT2D eigenvalue weighted by molar-refractivity contribution is 5.98. The molecule has 1 aliphatic rings. The van der Waals surface area contributed by atoms with Crippen LogP contribution in [0.2, 0.25) is 0 Å². The number of fused-ring (bicyclic) bond motifs is 1. The number of nitrogens with one attached hydrogen (secondary N) is 1. The maximum Gasteiger partial charge on any atom is 0.221 e. The van der Waals surface area contributed by atoms with Crippen molar-refractivity contribution in [3.05, 3.63) is 65.6 Å². The lowest BCUT2D eigenvalue weighted by Gasteiger charge is -2.31. The van der Waals surface area contributed by atoms with Gasteiger partial charge in [-0.2, -0.15) is 0 Å². The van der Waals surface area contributed by atoms with E-state index < -0.39 is 5.82 Å². The Kier molecular flexibility index (Phi) is 6.46. The predicted molar refractivity (Wildman–Crippen MR) is 121 cm³/mol. The molecule has 3 aromatic rings. The average Bonchev–Trinajstić information content (AvgIpc) is 2.78. The first-order valence-electron chi connectivity index (χ1n) is 10.7. The van der Waals surface area contributed by atoms with Crippen molar-refractivity contribution in [3.8, 4) is 5.75 Å². The molecule has 1 amide bonds. The molecule has 2 heterocycles. The van der Waals surface area contributed by atoms with E-state index in [-0.39, 0.29) is 23.4 Å². The number of anilines is 1. The van der Waals surface area contributed by atoms with Gasteiger partial charge in [0.2, 0.25) is 5.91 Å². The highest BCUT2D eigenvalue weighted by Gasteiger charge is 2.27. The number of hydrogen-bond acceptors (Lipinski definition) is 5. The molecule has 0 aliphatic carbocycles. The number of ketones is 1. The zero-order valence-electron chi connectivity index (χ0n) is 18.2. The monoisotopic (exact) mass is 435 g/mol. The molecule has 0 radical (unpaired) electrons. The molecule has 4 rings (SSSR count). The Bertz CT molecular complexity index is 1160. The topological polar surface area (TPSA) is 71.5 Å². The third kappa shape index (κ3) is 4.94. The molecule has 0 saturated carbocycles. The number of benzene rings is 2. The molecule has 1 atom stereocenters. The summed E-state index contributed by atoms with van der Waals surface area (Å²) in [5, 5.41) is 3.73. The van der Waals surface area contributed by atoms with Crippen LogP contribution in [0.3, 0.4) is 0 Å². The molecule has 1 unspecified atom stereocenters. The molecule has 0 spiro atoms. The molecule has 0 bridgehead atoms. The van der Waals surface area contributed by atoms with Gasteiger partial charge >= 0.3 is 0 Å². The fourth-order valence-electron chi connectivity index (χ4n) is 4.23. The number of ether oxygens (including phenoxy) is 1. The smallest absolute Gasteiger partial charge is 0.221 e. The molecule has 1 fully saturated rings. The van der Waals surface area contributed by atoms with Gasteiger partial charge in [0.25, 0.3) is 0 Å².